The molecule has 3 N–H and O–H groups in total. The molecule has 3 heteroatoms. The van der Waals surface area contributed by atoms with Crippen molar-refractivity contribution in [3.63, 3.8) is 0 Å². The zero-order valence-corrected chi connectivity index (χ0v) is 12.3. The molecule has 1 aromatic rings. The molecular formula is C16H26N2O. The molecule has 0 radical (unpaired) electrons. The minimum Gasteiger partial charge on any atom is -0.398 e. The van der Waals surface area contributed by atoms with Crippen LogP contribution in [0.4, 0.5) is 5.69 Å². The van der Waals surface area contributed by atoms with Crippen molar-refractivity contribution in [1.82, 2.24) is 5.32 Å². The predicted octanol–water partition coefficient (Wildman–Crippen LogP) is 3.67. The van der Waals surface area contributed by atoms with Gasteiger partial charge in [0.2, 0.25) is 0 Å². The van der Waals surface area contributed by atoms with Gasteiger partial charge < -0.3 is 11.1 Å². The molecule has 1 amide bonds. The number of amides is 1. The van der Waals surface area contributed by atoms with E-state index in [4.69, 9.17) is 5.73 Å². The summed E-state index contributed by atoms with van der Waals surface area (Å²) in [6, 6.07) is 5.76. The van der Waals surface area contributed by atoms with Crippen molar-refractivity contribution >= 4 is 11.6 Å². The molecule has 0 heterocycles. The average molecular weight is 262 g/mol. The molecule has 106 valence electrons. The number of nitrogens with one attached hydrogen (secondary N) is 1. The van der Waals surface area contributed by atoms with Gasteiger partial charge in [-0.1, -0.05) is 44.7 Å². The summed E-state index contributed by atoms with van der Waals surface area (Å²) in [7, 11) is 0. The van der Waals surface area contributed by atoms with Gasteiger partial charge in [-0.25, -0.2) is 0 Å². The summed E-state index contributed by atoms with van der Waals surface area (Å²) in [5.74, 6) is -0.0656. The summed E-state index contributed by atoms with van der Waals surface area (Å²) in [4.78, 5) is 12.1. The van der Waals surface area contributed by atoms with Crippen LogP contribution in [0.5, 0.6) is 0 Å². The molecule has 1 rings (SSSR count). The first kappa shape index (κ1) is 15.5. The molecular weight excluding hydrogens is 236 g/mol. The second-order valence-corrected chi connectivity index (χ2v) is 5.26. The summed E-state index contributed by atoms with van der Waals surface area (Å²) in [5, 5.41) is 3.02. The zero-order valence-electron chi connectivity index (χ0n) is 12.3. The molecule has 0 aliphatic carbocycles. The van der Waals surface area contributed by atoms with Crippen LogP contribution in [0.15, 0.2) is 18.2 Å². The topological polar surface area (TPSA) is 55.1 Å². The zero-order chi connectivity index (χ0) is 14.3. The van der Waals surface area contributed by atoms with Gasteiger partial charge in [-0.2, -0.15) is 0 Å². The Hall–Kier alpha value is -1.51. The van der Waals surface area contributed by atoms with Crippen LogP contribution in [0, 0.1) is 6.92 Å². The number of aryl methyl sites for hydroxylation is 1. The molecule has 0 fully saturated rings. The Bertz CT molecular complexity index is 415. The monoisotopic (exact) mass is 262 g/mol. The lowest BCUT2D eigenvalue weighted by Gasteiger charge is -2.15. The fourth-order valence-electron chi connectivity index (χ4n) is 2.13. The maximum absolute atomic E-state index is 12.1. The number of hydrogen-bond donors (Lipinski definition) is 2. The number of carbonyl (C=O) groups excluding carboxylic acids is 1. The molecule has 0 aliphatic rings. The third kappa shape index (κ3) is 4.93. The highest BCUT2D eigenvalue weighted by Gasteiger charge is 2.13. The minimum absolute atomic E-state index is 0.0656. The van der Waals surface area contributed by atoms with Crippen molar-refractivity contribution in [2.75, 3.05) is 5.73 Å². The molecule has 19 heavy (non-hydrogen) atoms. The summed E-state index contributed by atoms with van der Waals surface area (Å²) in [6.07, 6.45) is 5.94. The molecule has 0 saturated carbocycles. The maximum atomic E-state index is 12.1. The van der Waals surface area contributed by atoms with Crippen LogP contribution in [-0.4, -0.2) is 11.9 Å². The minimum atomic E-state index is -0.0656. The average Bonchev–Trinajstić information content (AvgIpc) is 2.38. The molecule has 1 aromatic carbocycles. The van der Waals surface area contributed by atoms with Gasteiger partial charge in [0.15, 0.2) is 0 Å². The van der Waals surface area contributed by atoms with Crippen molar-refractivity contribution in [1.29, 1.82) is 0 Å². The van der Waals surface area contributed by atoms with Gasteiger partial charge in [0, 0.05) is 11.7 Å². The molecule has 0 aromatic heterocycles. The van der Waals surface area contributed by atoms with Crippen molar-refractivity contribution in [3.8, 4) is 0 Å². The van der Waals surface area contributed by atoms with E-state index in [0.717, 1.165) is 12.0 Å². The van der Waals surface area contributed by atoms with Crippen LogP contribution in [0.2, 0.25) is 0 Å². The molecule has 1 atom stereocenters. The van der Waals surface area contributed by atoms with E-state index in [1.54, 1.807) is 6.07 Å². The van der Waals surface area contributed by atoms with E-state index < -0.39 is 0 Å². The fourth-order valence-corrected chi connectivity index (χ4v) is 2.13. The molecule has 0 spiro atoms. The third-order valence-corrected chi connectivity index (χ3v) is 3.44. The summed E-state index contributed by atoms with van der Waals surface area (Å²) < 4.78 is 0. The van der Waals surface area contributed by atoms with Crippen molar-refractivity contribution < 1.29 is 4.79 Å². The smallest absolute Gasteiger partial charge is 0.253 e. The number of rotatable bonds is 7. The number of carbonyl (C=O) groups is 1. The number of nitrogen functional groups attached to an aromatic ring is 1. The van der Waals surface area contributed by atoms with E-state index in [1.807, 2.05) is 19.1 Å². The quantitative estimate of drug-likeness (QED) is 0.582. The fraction of sp³-hybridized carbons (Fsp3) is 0.562. The number of hydrogen-bond acceptors (Lipinski definition) is 2. The first-order valence-electron chi connectivity index (χ1n) is 7.22. The van der Waals surface area contributed by atoms with Gasteiger partial charge in [0.05, 0.1) is 5.56 Å². The molecule has 0 saturated heterocycles. The van der Waals surface area contributed by atoms with Gasteiger partial charge in [0.1, 0.15) is 0 Å². The van der Waals surface area contributed by atoms with Crippen LogP contribution in [0.1, 0.15) is 61.9 Å². The van der Waals surface area contributed by atoms with Crippen molar-refractivity contribution in [2.45, 2.75) is 58.9 Å². The SMILES string of the molecule is CCCCCCC(C)NC(=O)c1cccc(C)c1N. The largest absolute Gasteiger partial charge is 0.398 e. The lowest BCUT2D eigenvalue weighted by atomic mass is 10.1. The number of para-hydroxylation sites is 1. The highest BCUT2D eigenvalue weighted by molar-refractivity contribution is 5.99. The van der Waals surface area contributed by atoms with Crippen molar-refractivity contribution in [2.24, 2.45) is 0 Å². The Morgan fingerprint density at radius 3 is 2.74 bits per heavy atom. The second kappa shape index (κ2) is 7.82. The molecule has 1 unspecified atom stereocenters. The van der Waals surface area contributed by atoms with E-state index >= 15 is 0 Å². The lowest BCUT2D eigenvalue weighted by molar-refractivity contribution is 0.0938. The van der Waals surface area contributed by atoms with Crippen LogP contribution < -0.4 is 11.1 Å². The van der Waals surface area contributed by atoms with E-state index in [0.29, 0.717) is 11.3 Å². The standard InChI is InChI=1S/C16H26N2O/c1-4-5-6-7-10-13(3)18-16(19)14-11-8-9-12(2)15(14)17/h8-9,11,13H,4-7,10,17H2,1-3H3,(H,18,19). The Morgan fingerprint density at radius 1 is 1.32 bits per heavy atom. The number of nitrogens with two attached hydrogens (primary N) is 1. The van der Waals surface area contributed by atoms with E-state index in [9.17, 15) is 4.79 Å². The highest BCUT2D eigenvalue weighted by atomic mass is 16.1. The van der Waals surface area contributed by atoms with Crippen LogP contribution in [0.25, 0.3) is 0 Å². The van der Waals surface area contributed by atoms with Crippen LogP contribution >= 0.6 is 0 Å². The predicted molar refractivity (Wildman–Crippen MR) is 81.3 cm³/mol. The Labute approximate surface area is 116 Å². The summed E-state index contributed by atoms with van der Waals surface area (Å²) in [5.41, 5.74) is 8.05. The summed E-state index contributed by atoms with van der Waals surface area (Å²) >= 11 is 0. The Balaban J connectivity index is 2.48. The number of benzene rings is 1. The number of unbranched alkanes of at least 4 members (excludes halogenated alkanes) is 3. The van der Waals surface area contributed by atoms with Gasteiger partial charge in [0.25, 0.3) is 5.91 Å². The third-order valence-electron chi connectivity index (χ3n) is 3.44. The maximum Gasteiger partial charge on any atom is 0.253 e. The van der Waals surface area contributed by atoms with Gasteiger partial charge in [-0.3, -0.25) is 4.79 Å². The van der Waals surface area contributed by atoms with Gasteiger partial charge in [-0.15, -0.1) is 0 Å². The van der Waals surface area contributed by atoms with Gasteiger partial charge >= 0.3 is 0 Å². The second-order valence-electron chi connectivity index (χ2n) is 5.26. The number of anilines is 1. The first-order chi connectivity index (χ1) is 9.06. The van der Waals surface area contributed by atoms with Gasteiger partial charge in [-0.05, 0) is 31.9 Å². The normalized spacial score (nSPS) is 12.2. The lowest BCUT2D eigenvalue weighted by Crippen LogP contribution is -2.33. The highest BCUT2D eigenvalue weighted by Crippen LogP contribution is 2.16. The molecule has 0 bridgehead atoms. The van der Waals surface area contributed by atoms with Crippen LogP contribution in [0.3, 0.4) is 0 Å². The van der Waals surface area contributed by atoms with E-state index in [-0.39, 0.29) is 11.9 Å². The van der Waals surface area contributed by atoms with Crippen molar-refractivity contribution in [3.05, 3.63) is 29.3 Å². The van der Waals surface area contributed by atoms with Crippen LogP contribution in [-0.2, 0) is 0 Å². The summed E-state index contributed by atoms with van der Waals surface area (Å²) in [6.45, 7) is 6.17. The van der Waals surface area contributed by atoms with E-state index in [2.05, 4.69) is 19.2 Å². The first-order valence-corrected chi connectivity index (χ1v) is 7.22. The van der Waals surface area contributed by atoms with E-state index in [1.165, 1.54) is 25.7 Å². The Morgan fingerprint density at radius 2 is 2.05 bits per heavy atom. The molecule has 0 aliphatic heterocycles. The molecule has 3 nitrogen and oxygen atoms in total. The Kier molecular flexibility index (Phi) is 6.40.